The van der Waals surface area contributed by atoms with Gasteiger partial charge in [-0.3, -0.25) is 0 Å². The van der Waals surface area contributed by atoms with Gasteiger partial charge in [0.25, 0.3) is 0 Å². The predicted octanol–water partition coefficient (Wildman–Crippen LogP) is 0.696. The summed E-state index contributed by atoms with van der Waals surface area (Å²) in [7, 11) is -3.07. The van der Waals surface area contributed by atoms with Crippen molar-refractivity contribution in [2.75, 3.05) is 12.0 Å². The normalized spacial score (nSPS) is 14.3. The summed E-state index contributed by atoms with van der Waals surface area (Å²) < 4.78 is 21.6. The lowest BCUT2D eigenvalue weighted by atomic mass is 10.2. The Morgan fingerprint density at radius 2 is 2.31 bits per heavy atom. The van der Waals surface area contributed by atoms with Crippen LogP contribution >= 0.6 is 11.3 Å². The highest BCUT2D eigenvalue weighted by Crippen LogP contribution is 2.11. The molecule has 0 fully saturated rings. The molecular formula is C8H12O3S2. The molecule has 13 heavy (non-hydrogen) atoms. The lowest BCUT2D eigenvalue weighted by molar-refractivity contribution is 0.199. The maximum atomic E-state index is 10.8. The average Bonchev–Trinajstić information content (AvgIpc) is 2.34. The number of sulfone groups is 1. The van der Waals surface area contributed by atoms with Crippen LogP contribution in [0.4, 0.5) is 0 Å². The third-order valence-electron chi connectivity index (χ3n) is 1.51. The molecule has 3 nitrogen and oxygen atoms in total. The Morgan fingerprint density at radius 3 is 2.77 bits per heavy atom. The number of aliphatic hydroxyl groups excluding tert-OH is 1. The van der Waals surface area contributed by atoms with Crippen LogP contribution in [-0.4, -0.2) is 31.6 Å². The van der Waals surface area contributed by atoms with Crippen molar-refractivity contribution < 1.29 is 13.5 Å². The number of thiophene rings is 1. The van der Waals surface area contributed by atoms with Crippen LogP contribution in [-0.2, 0) is 16.3 Å². The van der Waals surface area contributed by atoms with Gasteiger partial charge in [0.15, 0.2) is 0 Å². The van der Waals surface area contributed by atoms with Gasteiger partial charge in [-0.1, -0.05) is 6.07 Å². The molecular weight excluding hydrogens is 208 g/mol. The molecule has 1 heterocycles. The molecule has 1 atom stereocenters. The van der Waals surface area contributed by atoms with Crippen LogP contribution in [0.15, 0.2) is 17.5 Å². The van der Waals surface area contributed by atoms with Gasteiger partial charge in [-0.2, -0.15) is 0 Å². The number of aliphatic hydroxyl groups is 1. The first kappa shape index (κ1) is 10.7. The second-order valence-electron chi connectivity index (χ2n) is 3.03. The zero-order chi connectivity index (χ0) is 9.90. The van der Waals surface area contributed by atoms with Crippen molar-refractivity contribution in [1.82, 2.24) is 0 Å². The Morgan fingerprint density at radius 1 is 1.62 bits per heavy atom. The van der Waals surface area contributed by atoms with Gasteiger partial charge in [0, 0.05) is 17.6 Å². The van der Waals surface area contributed by atoms with Crippen LogP contribution in [0, 0.1) is 0 Å². The highest BCUT2D eigenvalue weighted by atomic mass is 32.2. The van der Waals surface area contributed by atoms with Crippen LogP contribution in [0.25, 0.3) is 0 Å². The smallest absolute Gasteiger partial charge is 0.150 e. The van der Waals surface area contributed by atoms with E-state index >= 15 is 0 Å². The molecule has 1 N–H and O–H groups in total. The van der Waals surface area contributed by atoms with E-state index in [-0.39, 0.29) is 5.75 Å². The number of hydrogen-bond donors (Lipinski definition) is 1. The molecule has 1 aromatic heterocycles. The fourth-order valence-electron chi connectivity index (χ4n) is 1.07. The van der Waals surface area contributed by atoms with Crippen LogP contribution in [0.1, 0.15) is 4.88 Å². The van der Waals surface area contributed by atoms with E-state index in [1.807, 2.05) is 17.5 Å². The highest BCUT2D eigenvalue weighted by Gasteiger charge is 2.12. The van der Waals surface area contributed by atoms with Crippen molar-refractivity contribution in [3.63, 3.8) is 0 Å². The molecule has 5 heteroatoms. The Labute approximate surface area is 82.0 Å². The van der Waals surface area contributed by atoms with E-state index in [0.29, 0.717) is 6.42 Å². The summed E-state index contributed by atoms with van der Waals surface area (Å²) in [5.74, 6) is -0.162. The summed E-state index contributed by atoms with van der Waals surface area (Å²) in [6.45, 7) is 0. The molecule has 1 unspecified atom stereocenters. The van der Waals surface area contributed by atoms with E-state index in [1.54, 1.807) is 0 Å². The van der Waals surface area contributed by atoms with Crippen LogP contribution in [0.2, 0.25) is 0 Å². The second-order valence-corrected chi connectivity index (χ2v) is 6.25. The molecule has 0 saturated carbocycles. The largest absolute Gasteiger partial charge is 0.392 e. The number of hydrogen-bond acceptors (Lipinski definition) is 4. The maximum absolute atomic E-state index is 10.8. The Kier molecular flexibility index (Phi) is 3.47. The van der Waals surface area contributed by atoms with E-state index in [9.17, 15) is 13.5 Å². The molecule has 1 aromatic rings. The predicted molar refractivity (Wildman–Crippen MR) is 53.7 cm³/mol. The van der Waals surface area contributed by atoms with Gasteiger partial charge in [-0.05, 0) is 11.4 Å². The molecule has 0 aliphatic heterocycles. The molecule has 74 valence electrons. The second kappa shape index (κ2) is 4.21. The minimum atomic E-state index is -3.07. The summed E-state index contributed by atoms with van der Waals surface area (Å²) >= 11 is 1.52. The van der Waals surface area contributed by atoms with Gasteiger partial charge >= 0.3 is 0 Å². The molecule has 0 aliphatic rings. The Hall–Kier alpha value is -0.390. The van der Waals surface area contributed by atoms with Crippen molar-refractivity contribution in [2.24, 2.45) is 0 Å². The lowest BCUT2D eigenvalue weighted by Gasteiger charge is -2.06. The third-order valence-corrected chi connectivity index (χ3v) is 3.40. The summed E-state index contributed by atoms with van der Waals surface area (Å²) in [5.41, 5.74) is 0. The van der Waals surface area contributed by atoms with E-state index in [2.05, 4.69) is 0 Å². The summed E-state index contributed by atoms with van der Waals surface area (Å²) in [6.07, 6.45) is 0.767. The first-order chi connectivity index (χ1) is 5.97. The number of rotatable bonds is 4. The van der Waals surface area contributed by atoms with Crippen molar-refractivity contribution in [3.8, 4) is 0 Å². The molecule has 0 saturated heterocycles. The topological polar surface area (TPSA) is 54.4 Å². The maximum Gasteiger partial charge on any atom is 0.150 e. The fourth-order valence-corrected chi connectivity index (χ4v) is 2.66. The van der Waals surface area contributed by atoms with Gasteiger partial charge < -0.3 is 5.11 Å². The summed E-state index contributed by atoms with van der Waals surface area (Å²) in [5, 5.41) is 11.3. The average molecular weight is 220 g/mol. The zero-order valence-corrected chi connectivity index (χ0v) is 8.94. The van der Waals surface area contributed by atoms with E-state index < -0.39 is 15.9 Å². The monoisotopic (exact) mass is 220 g/mol. The first-order valence-corrected chi connectivity index (χ1v) is 6.79. The third kappa shape index (κ3) is 4.40. The zero-order valence-electron chi connectivity index (χ0n) is 7.30. The standard InChI is InChI=1S/C8H12O3S2/c1-13(10,11)6-7(9)5-8-3-2-4-12-8/h2-4,7,9H,5-6H2,1H3. The lowest BCUT2D eigenvalue weighted by Crippen LogP contribution is -2.21. The Balaban J connectivity index is 2.47. The van der Waals surface area contributed by atoms with E-state index in [1.165, 1.54) is 11.3 Å². The van der Waals surface area contributed by atoms with Gasteiger partial charge in [0.05, 0.1) is 11.9 Å². The SMILES string of the molecule is CS(=O)(=O)CC(O)Cc1cccs1. The minimum absolute atomic E-state index is 0.162. The van der Waals surface area contributed by atoms with Crippen molar-refractivity contribution in [1.29, 1.82) is 0 Å². The van der Waals surface area contributed by atoms with Gasteiger partial charge in [-0.15, -0.1) is 11.3 Å². The van der Waals surface area contributed by atoms with Crippen LogP contribution < -0.4 is 0 Å². The molecule has 0 radical (unpaired) electrons. The van der Waals surface area contributed by atoms with Crippen molar-refractivity contribution in [3.05, 3.63) is 22.4 Å². The molecule has 0 bridgehead atoms. The van der Waals surface area contributed by atoms with E-state index in [4.69, 9.17) is 0 Å². The van der Waals surface area contributed by atoms with Crippen LogP contribution in [0.5, 0.6) is 0 Å². The molecule has 0 amide bonds. The van der Waals surface area contributed by atoms with Crippen molar-refractivity contribution in [2.45, 2.75) is 12.5 Å². The minimum Gasteiger partial charge on any atom is -0.392 e. The highest BCUT2D eigenvalue weighted by molar-refractivity contribution is 7.90. The Bertz CT molecular complexity index is 339. The summed E-state index contributed by atoms with van der Waals surface area (Å²) in [4.78, 5) is 1.01. The summed E-state index contributed by atoms with van der Waals surface area (Å²) in [6, 6.07) is 3.77. The molecule has 0 aromatic carbocycles. The van der Waals surface area contributed by atoms with Gasteiger partial charge in [-0.25, -0.2) is 8.42 Å². The van der Waals surface area contributed by atoms with Gasteiger partial charge in [0.2, 0.25) is 0 Å². The first-order valence-electron chi connectivity index (χ1n) is 3.85. The van der Waals surface area contributed by atoms with Crippen LogP contribution in [0.3, 0.4) is 0 Å². The molecule has 1 rings (SSSR count). The van der Waals surface area contributed by atoms with Gasteiger partial charge in [0.1, 0.15) is 9.84 Å². The molecule has 0 spiro atoms. The molecule has 0 aliphatic carbocycles. The fraction of sp³-hybridized carbons (Fsp3) is 0.500. The quantitative estimate of drug-likeness (QED) is 0.812. The van der Waals surface area contributed by atoms with E-state index in [0.717, 1.165) is 11.1 Å². The van der Waals surface area contributed by atoms with Crippen molar-refractivity contribution >= 4 is 21.2 Å².